The third-order valence-corrected chi connectivity index (χ3v) is 3.68. The van der Waals surface area contributed by atoms with Gasteiger partial charge in [-0.25, -0.2) is 0 Å². The van der Waals surface area contributed by atoms with Crippen LogP contribution in [0.2, 0.25) is 12.1 Å². The molecule has 0 atom stereocenters. The summed E-state index contributed by atoms with van der Waals surface area (Å²) in [6.07, 6.45) is 8.52. The Morgan fingerprint density at radius 1 is 1.00 bits per heavy atom. The second kappa shape index (κ2) is 2.41. The SMILES string of the molecule is C=[Si]1CCCCC1. The summed E-state index contributed by atoms with van der Waals surface area (Å²) in [4.78, 5) is 0. The van der Waals surface area contributed by atoms with E-state index < -0.39 is 0 Å². The fourth-order valence-corrected chi connectivity index (χ4v) is 2.80. The Bertz CT molecular complexity index is 68.2. The van der Waals surface area contributed by atoms with E-state index in [2.05, 4.69) is 6.17 Å². The average molecular weight is 112 g/mol. The highest BCUT2D eigenvalue weighted by Gasteiger charge is 2.01. The molecule has 1 aliphatic heterocycles. The molecular weight excluding hydrogens is 100 g/mol. The Morgan fingerprint density at radius 3 is 1.86 bits per heavy atom. The third kappa shape index (κ3) is 1.55. The first-order valence-electron chi connectivity index (χ1n) is 3.06. The lowest BCUT2D eigenvalue weighted by atomic mass is 10.3. The molecule has 1 heteroatoms. The van der Waals surface area contributed by atoms with Crippen LogP contribution in [0.15, 0.2) is 0 Å². The largest absolute Gasteiger partial charge is 0.118 e. The predicted molar refractivity (Wildman–Crippen MR) is 36.3 cm³/mol. The number of hydrogen-bond donors (Lipinski definition) is 0. The van der Waals surface area contributed by atoms with E-state index >= 15 is 0 Å². The Morgan fingerprint density at radius 2 is 1.57 bits per heavy atom. The number of rotatable bonds is 0. The second-order valence-corrected chi connectivity index (χ2v) is 4.81. The van der Waals surface area contributed by atoms with E-state index in [4.69, 9.17) is 0 Å². The van der Waals surface area contributed by atoms with E-state index in [0.29, 0.717) is 0 Å². The lowest BCUT2D eigenvalue weighted by molar-refractivity contribution is 0.732. The van der Waals surface area contributed by atoms with E-state index in [-0.39, 0.29) is 8.41 Å². The van der Waals surface area contributed by atoms with Crippen molar-refractivity contribution in [2.24, 2.45) is 0 Å². The van der Waals surface area contributed by atoms with Crippen molar-refractivity contribution in [1.82, 2.24) is 0 Å². The smallest absolute Gasteiger partial charge is 0.00191 e. The Kier molecular flexibility index (Phi) is 1.80. The summed E-state index contributed by atoms with van der Waals surface area (Å²) in [7, 11) is -0.0431. The van der Waals surface area contributed by atoms with Gasteiger partial charge in [0.15, 0.2) is 0 Å². The van der Waals surface area contributed by atoms with Crippen molar-refractivity contribution in [3.63, 3.8) is 0 Å². The van der Waals surface area contributed by atoms with E-state index in [0.717, 1.165) is 0 Å². The van der Waals surface area contributed by atoms with Gasteiger partial charge in [-0.3, -0.25) is 0 Å². The van der Waals surface area contributed by atoms with Crippen LogP contribution in [0.4, 0.5) is 0 Å². The minimum absolute atomic E-state index is 0.0431. The molecule has 0 radical (unpaired) electrons. The van der Waals surface area contributed by atoms with Gasteiger partial charge in [-0.15, -0.1) is 6.17 Å². The molecule has 0 bridgehead atoms. The number of hydrogen-bond acceptors (Lipinski definition) is 0. The van der Waals surface area contributed by atoms with Crippen molar-refractivity contribution in [2.45, 2.75) is 31.4 Å². The van der Waals surface area contributed by atoms with Gasteiger partial charge in [0.25, 0.3) is 0 Å². The van der Waals surface area contributed by atoms with Gasteiger partial charge in [0, 0.05) is 8.41 Å². The molecule has 0 aromatic rings. The summed E-state index contributed by atoms with van der Waals surface area (Å²) in [6, 6.07) is 2.95. The zero-order valence-electron chi connectivity index (χ0n) is 4.74. The highest BCUT2D eigenvalue weighted by molar-refractivity contribution is 6.61. The molecule has 0 N–H and O–H groups in total. The van der Waals surface area contributed by atoms with Crippen molar-refractivity contribution in [2.75, 3.05) is 0 Å². The molecule has 1 heterocycles. The van der Waals surface area contributed by atoms with Gasteiger partial charge in [-0.1, -0.05) is 19.3 Å². The van der Waals surface area contributed by atoms with Gasteiger partial charge in [-0.05, 0) is 12.1 Å². The maximum atomic E-state index is 4.10. The maximum absolute atomic E-state index is 4.10. The Balaban J connectivity index is 2.25. The van der Waals surface area contributed by atoms with E-state index in [1.54, 1.807) is 0 Å². The molecule has 0 nitrogen and oxygen atoms in total. The van der Waals surface area contributed by atoms with Crippen molar-refractivity contribution >= 4 is 14.6 Å². The van der Waals surface area contributed by atoms with Crippen LogP contribution >= 0.6 is 0 Å². The van der Waals surface area contributed by atoms with Crippen molar-refractivity contribution in [3.05, 3.63) is 0 Å². The molecule has 0 amide bonds. The van der Waals surface area contributed by atoms with Gasteiger partial charge >= 0.3 is 0 Å². The van der Waals surface area contributed by atoms with Gasteiger partial charge < -0.3 is 0 Å². The van der Waals surface area contributed by atoms with E-state index in [9.17, 15) is 0 Å². The molecule has 0 saturated carbocycles. The minimum Gasteiger partial charge on any atom is -0.118 e. The summed E-state index contributed by atoms with van der Waals surface area (Å²) < 4.78 is 0. The molecule has 0 aliphatic carbocycles. The lowest BCUT2D eigenvalue weighted by Gasteiger charge is -2.09. The fourth-order valence-electron chi connectivity index (χ4n) is 1.05. The normalized spacial score (nSPS) is 22.6. The van der Waals surface area contributed by atoms with Crippen LogP contribution in [0.25, 0.3) is 0 Å². The molecule has 0 unspecified atom stereocenters. The standard InChI is InChI=1S/C6H12Si/c1-7-5-3-2-4-6-7/h1-6H2. The van der Waals surface area contributed by atoms with Gasteiger partial charge in [0.2, 0.25) is 0 Å². The monoisotopic (exact) mass is 112 g/mol. The van der Waals surface area contributed by atoms with E-state index in [1.807, 2.05) is 0 Å². The lowest BCUT2D eigenvalue weighted by Crippen LogP contribution is -2.03. The summed E-state index contributed by atoms with van der Waals surface area (Å²) in [6.45, 7) is 0. The highest BCUT2D eigenvalue weighted by Crippen LogP contribution is 2.13. The predicted octanol–water partition coefficient (Wildman–Crippen LogP) is 1.68. The summed E-state index contributed by atoms with van der Waals surface area (Å²) >= 11 is 0. The van der Waals surface area contributed by atoms with Gasteiger partial charge in [-0.2, -0.15) is 0 Å². The minimum atomic E-state index is -0.0431. The molecule has 1 saturated heterocycles. The topological polar surface area (TPSA) is 0 Å². The van der Waals surface area contributed by atoms with Crippen molar-refractivity contribution in [1.29, 1.82) is 0 Å². The molecule has 0 spiro atoms. The van der Waals surface area contributed by atoms with Crippen molar-refractivity contribution in [3.8, 4) is 0 Å². The summed E-state index contributed by atoms with van der Waals surface area (Å²) in [5.74, 6) is 0. The fraction of sp³-hybridized carbons (Fsp3) is 0.833. The quantitative estimate of drug-likeness (QED) is 0.418. The Hall–Kier alpha value is 0.0869. The zero-order valence-corrected chi connectivity index (χ0v) is 5.74. The van der Waals surface area contributed by atoms with Gasteiger partial charge in [0.05, 0.1) is 0 Å². The molecule has 0 aromatic heterocycles. The molecular formula is C6H12Si. The van der Waals surface area contributed by atoms with Gasteiger partial charge in [0.1, 0.15) is 0 Å². The second-order valence-electron chi connectivity index (χ2n) is 2.31. The van der Waals surface area contributed by atoms with E-state index in [1.165, 1.54) is 31.4 Å². The molecule has 40 valence electrons. The maximum Gasteiger partial charge on any atom is 0.00191 e. The van der Waals surface area contributed by atoms with Crippen LogP contribution in [-0.2, 0) is 0 Å². The van der Waals surface area contributed by atoms with Crippen LogP contribution < -0.4 is 0 Å². The first-order chi connectivity index (χ1) is 3.39. The van der Waals surface area contributed by atoms with Crippen molar-refractivity contribution < 1.29 is 0 Å². The first kappa shape index (κ1) is 5.23. The highest BCUT2D eigenvalue weighted by atomic mass is 28.2. The van der Waals surface area contributed by atoms with Crippen LogP contribution in [0, 0.1) is 0 Å². The summed E-state index contributed by atoms with van der Waals surface area (Å²) in [5, 5.41) is 0. The molecule has 1 aliphatic rings. The average Bonchev–Trinajstić information content (AvgIpc) is 1.69. The van der Waals surface area contributed by atoms with Crippen LogP contribution in [-0.4, -0.2) is 14.6 Å². The molecule has 0 aromatic carbocycles. The molecule has 1 rings (SSSR count). The zero-order chi connectivity index (χ0) is 5.11. The Labute approximate surface area is 46.8 Å². The molecule has 1 fully saturated rings. The summed E-state index contributed by atoms with van der Waals surface area (Å²) in [5.41, 5.74) is 0. The third-order valence-electron chi connectivity index (χ3n) is 1.56. The van der Waals surface area contributed by atoms with Crippen LogP contribution in [0.3, 0.4) is 0 Å². The first-order valence-corrected chi connectivity index (χ1v) is 5.18. The molecule has 7 heavy (non-hydrogen) atoms. The van der Waals surface area contributed by atoms with Crippen LogP contribution in [0.1, 0.15) is 19.3 Å². The van der Waals surface area contributed by atoms with Crippen LogP contribution in [0.5, 0.6) is 0 Å².